The molecule has 296 valence electrons. The monoisotopic (exact) mass is 798 g/mol. The van der Waals surface area contributed by atoms with Crippen LogP contribution in [0.2, 0.25) is 0 Å². The Balaban J connectivity index is 1.02. The van der Waals surface area contributed by atoms with Crippen LogP contribution in [-0.4, -0.2) is 29.9 Å². The number of nitrogens with zero attached hydrogens (tertiary/aromatic N) is 6. The first-order valence-electron chi connectivity index (χ1n) is 20.9. The van der Waals surface area contributed by atoms with E-state index in [1.54, 1.807) is 0 Å². The Labute approximate surface area is 361 Å². The standard InChI is InChI=1S/C56H42N6/c1-35-16-5-9-25-45(35)53-57-51(58-54(61-53)46-26-10-6-17-36(46)2)43-23-13-20-39(33-43)40-30-31-50-41(32-40)22-15-29-49(50)42-21-14-24-44(34-42)52-59-55(47-27-11-7-18-37(47)3)62-56(60-52)48-28-12-8-19-38(48)4/h5-34H,1-4H3. The van der Waals surface area contributed by atoms with E-state index in [2.05, 4.69) is 161 Å². The molecule has 0 atom stereocenters. The molecule has 62 heavy (non-hydrogen) atoms. The van der Waals surface area contributed by atoms with Gasteiger partial charge in [0.2, 0.25) is 0 Å². The van der Waals surface area contributed by atoms with Crippen molar-refractivity contribution in [3.8, 4) is 90.6 Å². The van der Waals surface area contributed by atoms with Crippen LogP contribution in [-0.2, 0) is 0 Å². The molecule has 0 aliphatic carbocycles. The van der Waals surface area contributed by atoms with Crippen molar-refractivity contribution in [1.29, 1.82) is 0 Å². The first kappa shape index (κ1) is 38.3. The minimum Gasteiger partial charge on any atom is -0.208 e. The Morgan fingerprint density at radius 3 is 1.03 bits per heavy atom. The number of hydrogen-bond donors (Lipinski definition) is 0. The van der Waals surface area contributed by atoms with Gasteiger partial charge in [0.15, 0.2) is 34.9 Å². The zero-order chi connectivity index (χ0) is 42.2. The van der Waals surface area contributed by atoms with Gasteiger partial charge in [0, 0.05) is 33.4 Å². The van der Waals surface area contributed by atoms with Gasteiger partial charge in [0.05, 0.1) is 0 Å². The molecular weight excluding hydrogens is 757 g/mol. The zero-order valence-electron chi connectivity index (χ0n) is 35.0. The number of aromatic nitrogens is 6. The normalized spacial score (nSPS) is 11.2. The van der Waals surface area contributed by atoms with Crippen LogP contribution in [0.3, 0.4) is 0 Å². The summed E-state index contributed by atoms with van der Waals surface area (Å²) in [7, 11) is 0. The van der Waals surface area contributed by atoms with Crippen LogP contribution >= 0.6 is 0 Å². The van der Waals surface area contributed by atoms with Gasteiger partial charge in [0.25, 0.3) is 0 Å². The van der Waals surface area contributed by atoms with Gasteiger partial charge in [0.1, 0.15) is 0 Å². The molecule has 0 amide bonds. The molecule has 0 aliphatic rings. The maximum absolute atomic E-state index is 5.07. The highest BCUT2D eigenvalue weighted by Gasteiger charge is 2.18. The van der Waals surface area contributed by atoms with Gasteiger partial charge in [-0.1, -0.05) is 164 Å². The molecule has 0 spiro atoms. The van der Waals surface area contributed by atoms with E-state index >= 15 is 0 Å². The van der Waals surface area contributed by atoms with Crippen molar-refractivity contribution in [3.05, 3.63) is 204 Å². The van der Waals surface area contributed by atoms with E-state index in [-0.39, 0.29) is 0 Å². The van der Waals surface area contributed by atoms with Gasteiger partial charge in [-0.15, -0.1) is 0 Å². The van der Waals surface area contributed by atoms with Crippen molar-refractivity contribution in [3.63, 3.8) is 0 Å². The third kappa shape index (κ3) is 7.43. The average molecular weight is 799 g/mol. The van der Waals surface area contributed by atoms with Crippen LogP contribution < -0.4 is 0 Å². The number of fused-ring (bicyclic) bond motifs is 1. The lowest BCUT2D eigenvalue weighted by atomic mass is 9.94. The molecule has 8 aromatic carbocycles. The summed E-state index contributed by atoms with van der Waals surface area (Å²) < 4.78 is 0. The Bertz CT molecular complexity index is 3190. The van der Waals surface area contributed by atoms with E-state index in [9.17, 15) is 0 Å². The van der Waals surface area contributed by atoms with Gasteiger partial charge >= 0.3 is 0 Å². The second kappa shape index (κ2) is 16.2. The topological polar surface area (TPSA) is 77.3 Å². The lowest BCUT2D eigenvalue weighted by Gasteiger charge is -2.13. The molecule has 10 rings (SSSR count). The summed E-state index contributed by atoms with van der Waals surface area (Å²) in [5.74, 6) is 3.91. The fraction of sp³-hybridized carbons (Fsp3) is 0.0714. The zero-order valence-corrected chi connectivity index (χ0v) is 35.0. The summed E-state index contributed by atoms with van der Waals surface area (Å²) in [6, 6.07) is 63.1. The molecule has 0 aliphatic heterocycles. The number of benzene rings is 8. The Hall–Kier alpha value is -7.96. The Morgan fingerprint density at radius 2 is 0.581 bits per heavy atom. The second-order valence-electron chi connectivity index (χ2n) is 15.8. The smallest absolute Gasteiger partial charge is 0.164 e. The lowest BCUT2D eigenvalue weighted by molar-refractivity contribution is 1.07. The van der Waals surface area contributed by atoms with E-state index in [0.717, 1.165) is 88.7 Å². The summed E-state index contributed by atoms with van der Waals surface area (Å²) >= 11 is 0. The molecular formula is C56H42N6. The Kier molecular flexibility index (Phi) is 10.0. The first-order chi connectivity index (χ1) is 30.4. The fourth-order valence-electron chi connectivity index (χ4n) is 8.17. The molecule has 0 N–H and O–H groups in total. The highest BCUT2D eigenvalue weighted by molar-refractivity contribution is 5.99. The first-order valence-corrected chi connectivity index (χ1v) is 20.9. The maximum atomic E-state index is 5.07. The van der Waals surface area contributed by atoms with Crippen LogP contribution in [0.5, 0.6) is 0 Å². The van der Waals surface area contributed by atoms with Crippen molar-refractivity contribution in [2.24, 2.45) is 0 Å². The molecule has 10 aromatic rings. The third-order valence-electron chi connectivity index (χ3n) is 11.6. The molecule has 2 heterocycles. The molecule has 0 radical (unpaired) electrons. The molecule has 0 bridgehead atoms. The van der Waals surface area contributed by atoms with E-state index in [1.165, 1.54) is 0 Å². The summed E-state index contributed by atoms with van der Waals surface area (Å²) in [5, 5.41) is 2.30. The predicted molar refractivity (Wildman–Crippen MR) is 253 cm³/mol. The van der Waals surface area contributed by atoms with E-state index in [1.807, 2.05) is 48.5 Å². The van der Waals surface area contributed by atoms with Crippen molar-refractivity contribution < 1.29 is 0 Å². The molecule has 0 fully saturated rings. The van der Waals surface area contributed by atoms with Crippen molar-refractivity contribution >= 4 is 10.8 Å². The summed E-state index contributed by atoms with van der Waals surface area (Å²) in [4.78, 5) is 30.3. The van der Waals surface area contributed by atoms with E-state index in [4.69, 9.17) is 29.9 Å². The average Bonchev–Trinajstić information content (AvgIpc) is 3.31. The van der Waals surface area contributed by atoms with Gasteiger partial charge in [-0.25, -0.2) is 29.9 Å². The predicted octanol–water partition coefficient (Wildman–Crippen LogP) is 13.8. The molecule has 0 saturated carbocycles. The maximum Gasteiger partial charge on any atom is 0.164 e. The highest BCUT2D eigenvalue weighted by Crippen LogP contribution is 2.36. The van der Waals surface area contributed by atoms with Crippen LogP contribution in [0, 0.1) is 27.7 Å². The molecule has 6 nitrogen and oxygen atoms in total. The number of aryl methyl sites for hydroxylation is 4. The minimum atomic E-state index is 0.635. The van der Waals surface area contributed by atoms with Gasteiger partial charge in [-0.05, 0) is 101 Å². The van der Waals surface area contributed by atoms with Crippen molar-refractivity contribution in [1.82, 2.24) is 29.9 Å². The van der Waals surface area contributed by atoms with Crippen molar-refractivity contribution in [2.75, 3.05) is 0 Å². The SMILES string of the molecule is Cc1ccccc1-c1nc(-c2cccc(-c3ccc4c(-c5cccc(-c6nc(-c7ccccc7C)nc(-c7ccccc7C)n6)c5)cccc4c3)c2)nc(-c2ccccc2C)n1. The molecule has 2 aromatic heterocycles. The molecule has 0 saturated heterocycles. The van der Waals surface area contributed by atoms with Crippen LogP contribution in [0.25, 0.3) is 101 Å². The van der Waals surface area contributed by atoms with Gasteiger partial charge in [-0.3, -0.25) is 0 Å². The fourth-order valence-corrected chi connectivity index (χ4v) is 8.17. The van der Waals surface area contributed by atoms with Crippen LogP contribution in [0.15, 0.2) is 182 Å². The highest BCUT2D eigenvalue weighted by atomic mass is 15.0. The molecule has 6 heteroatoms. The van der Waals surface area contributed by atoms with Crippen LogP contribution in [0.4, 0.5) is 0 Å². The van der Waals surface area contributed by atoms with Crippen molar-refractivity contribution in [2.45, 2.75) is 27.7 Å². The minimum absolute atomic E-state index is 0.635. The number of rotatable bonds is 8. The largest absolute Gasteiger partial charge is 0.208 e. The van der Waals surface area contributed by atoms with Crippen LogP contribution in [0.1, 0.15) is 22.3 Å². The van der Waals surface area contributed by atoms with Gasteiger partial charge in [-0.2, -0.15) is 0 Å². The summed E-state index contributed by atoms with van der Waals surface area (Å²) in [6.07, 6.45) is 0. The quantitative estimate of drug-likeness (QED) is 0.152. The summed E-state index contributed by atoms with van der Waals surface area (Å²) in [5.41, 5.74) is 14.7. The number of hydrogen-bond acceptors (Lipinski definition) is 6. The third-order valence-corrected chi connectivity index (χ3v) is 11.6. The second-order valence-corrected chi connectivity index (χ2v) is 15.8. The molecule has 0 unspecified atom stereocenters. The van der Waals surface area contributed by atoms with Gasteiger partial charge < -0.3 is 0 Å². The lowest BCUT2D eigenvalue weighted by Crippen LogP contribution is -2.02. The Morgan fingerprint density at radius 1 is 0.242 bits per heavy atom. The van der Waals surface area contributed by atoms with E-state index < -0.39 is 0 Å². The van der Waals surface area contributed by atoms with E-state index in [0.29, 0.717) is 34.9 Å². The summed E-state index contributed by atoms with van der Waals surface area (Å²) in [6.45, 7) is 8.37.